The van der Waals surface area contributed by atoms with Gasteiger partial charge in [-0.2, -0.15) is 0 Å². The maximum absolute atomic E-state index is 12.8. The van der Waals surface area contributed by atoms with Crippen molar-refractivity contribution >= 4 is 51.1 Å². The van der Waals surface area contributed by atoms with Crippen molar-refractivity contribution in [3.05, 3.63) is 71.7 Å². The Kier molecular flexibility index (Phi) is 9.29. The number of nitrogens with one attached hydrogen (secondary N) is 3. The number of ether oxygens (including phenoxy) is 1. The van der Waals surface area contributed by atoms with Crippen LogP contribution in [-0.4, -0.2) is 36.6 Å². The van der Waals surface area contributed by atoms with E-state index in [9.17, 15) is 9.59 Å². The van der Waals surface area contributed by atoms with Crippen molar-refractivity contribution in [1.29, 1.82) is 0 Å². The lowest BCUT2D eigenvalue weighted by atomic mass is 10.1. The van der Waals surface area contributed by atoms with Crippen LogP contribution in [0.2, 0.25) is 0 Å². The molecule has 6 rings (SSSR count). The molecule has 1 atom stereocenters. The molecule has 4 heterocycles. The zero-order chi connectivity index (χ0) is 26.9. The third kappa shape index (κ3) is 6.12. The molecule has 4 aromatic rings. The molecule has 2 aromatic carbocycles. The van der Waals surface area contributed by atoms with E-state index in [1.807, 2.05) is 81.4 Å². The van der Waals surface area contributed by atoms with E-state index in [1.54, 1.807) is 22.4 Å². The summed E-state index contributed by atoms with van der Waals surface area (Å²) in [6.45, 7) is 8.02. The standard InChI is InChI=1S/C21H15N3O2S.C6H12N2O.C2H6/c1-13-19-18-17(11-12-22-20(18)27-13)24(21(25)23-19)14-7-9-16(10-8-14)26-15-5-3-2-4-6-15;9-5-8-6-2-1-3-7-4-6;1-2/h2-12H,1H3,(H,23,25);5-7H,1-4H2,(H,8,9);1-2H3. The number of thiophene rings is 1. The molecular weight excluding hydrogens is 498 g/mol. The highest BCUT2D eigenvalue weighted by Gasteiger charge is 2.29. The molecular formula is C29H33N5O3S. The van der Waals surface area contributed by atoms with Gasteiger partial charge in [0.15, 0.2) is 0 Å². The molecule has 1 unspecified atom stereocenters. The first kappa shape index (κ1) is 27.1. The van der Waals surface area contributed by atoms with Gasteiger partial charge in [-0.05, 0) is 68.8 Å². The van der Waals surface area contributed by atoms with E-state index < -0.39 is 0 Å². The van der Waals surface area contributed by atoms with Gasteiger partial charge >= 0.3 is 6.03 Å². The molecule has 0 saturated carbocycles. The van der Waals surface area contributed by atoms with Crippen LogP contribution in [0.25, 0.3) is 10.2 Å². The number of amides is 3. The summed E-state index contributed by atoms with van der Waals surface area (Å²) in [6.07, 6.45) is 4.81. The zero-order valence-electron chi connectivity index (χ0n) is 21.9. The normalized spacial score (nSPS) is 15.8. The fourth-order valence-corrected chi connectivity index (χ4v) is 5.33. The van der Waals surface area contributed by atoms with E-state index in [2.05, 4.69) is 20.9 Å². The molecule has 0 aliphatic carbocycles. The Morgan fingerprint density at radius 3 is 2.50 bits per heavy atom. The highest BCUT2D eigenvalue weighted by molar-refractivity contribution is 7.19. The minimum atomic E-state index is -0.173. The van der Waals surface area contributed by atoms with Gasteiger partial charge in [-0.15, -0.1) is 11.3 Å². The molecule has 2 aromatic heterocycles. The number of para-hydroxylation sites is 1. The first-order chi connectivity index (χ1) is 18.6. The molecule has 3 N–H and O–H groups in total. The summed E-state index contributed by atoms with van der Waals surface area (Å²) in [5, 5.41) is 9.93. The highest BCUT2D eigenvalue weighted by Crippen LogP contribution is 2.45. The number of rotatable bonds is 5. The van der Waals surface area contributed by atoms with Gasteiger partial charge in [0.1, 0.15) is 16.3 Å². The van der Waals surface area contributed by atoms with Crippen molar-refractivity contribution < 1.29 is 14.3 Å². The first-order valence-electron chi connectivity index (χ1n) is 12.9. The van der Waals surface area contributed by atoms with Crippen molar-refractivity contribution in [2.24, 2.45) is 0 Å². The van der Waals surface area contributed by atoms with E-state index in [0.717, 1.165) is 63.8 Å². The lowest BCUT2D eigenvalue weighted by Gasteiger charge is -2.28. The number of hydrogen-bond acceptors (Lipinski definition) is 6. The van der Waals surface area contributed by atoms with Crippen molar-refractivity contribution in [2.45, 2.75) is 39.7 Å². The minimum absolute atomic E-state index is 0.173. The second-order valence-electron chi connectivity index (χ2n) is 8.55. The van der Waals surface area contributed by atoms with Crippen LogP contribution in [-0.2, 0) is 4.79 Å². The predicted molar refractivity (Wildman–Crippen MR) is 155 cm³/mol. The molecule has 0 bridgehead atoms. The Hall–Kier alpha value is -3.95. The van der Waals surface area contributed by atoms with E-state index in [-0.39, 0.29) is 6.03 Å². The van der Waals surface area contributed by atoms with E-state index in [4.69, 9.17) is 4.74 Å². The van der Waals surface area contributed by atoms with Crippen LogP contribution in [0.15, 0.2) is 66.9 Å². The summed E-state index contributed by atoms with van der Waals surface area (Å²) in [4.78, 5) is 30.8. The third-order valence-electron chi connectivity index (χ3n) is 6.10. The quantitative estimate of drug-likeness (QED) is 0.253. The van der Waals surface area contributed by atoms with Crippen LogP contribution >= 0.6 is 11.3 Å². The van der Waals surface area contributed by atoms with Gasteiger partial charge in [0, 0.05) is 23.7 Å². The topological polar surface area (TPSA) is 95.6 Å². The van der Waals surface area contributed by atoms with Gasteiger partial charge in [0.05, 0.1) is 22.4 Å². The number of benzene rings is 2. The number of anilines is 3. The van der Waals surface area contributed by atoms with Gasteiger partial charge in [0.25, 0.3) is 0 Å². The van der Waals surface area contributed by atoms with Crippen LogP contribution in [0.5, 0.6) is 11.5 Å². The number of pyridine rings is 1. The molecule has 0 spiro atoms. The molecule has 3 amide bonds. The second-order valence-corrected chi connectivity index (χ2v) is 9.75. The Bertz CT molecular complexity index is 1350. The number of nitrogens with zero attached hydrogens (tertiary/aromatic N) is 2. The molecule has 1 saturated heterocycles. The molecule has 2 aliphatic heterocycles. The highest BCUT2D eigenvalue weighted by atomic mass is 32.1. The Morgan fingerprint density at radius 1 is 1.08 bits per heavy atom. The van der Waals surface area contributed by atoms with Crippen LogP contribution in [0.4, 0.5) is 21.9 Å². The number of piperidine rings is 1. The summed E-state index contributed by atoms with van der Waals surface area (Å²) in [5.41, 5.74) is 2.48. The van der Waals surface area contributed by atoms with Crippen molar-refractivity contribution in [2.75, 3.05) is 23.3 Å². The van der Waals surface area contributed by atoms with E-state index in [1.165, 1.54) is 6.42 Å². The maximum Gasteiger partial charge on any atom is 0.331 e. The van der Waals surface area contributed by atoms with Crippen molar-refractivity contribution in [3.8, 4) is 11.5 Å². The number of carbonyl (C=O) groups is 2. The van der Waals surface area contributed by atoms with Crippen LogP contribution < -0.4 is 25.6 Å². The largest absolute Gasteiger partial charge is 0.457 e. The Labute approximate surface area is 227 Å². The van der Waals surface area contributed by atoms with Crippen LogP contribution in [0.3, 0.4) is 0 Å². The number of hydrogen-bond donors (Lipinski definition) is 3. The number of aromatic nitrogens is 1. The SMILES string of the molecule is CC.Cc1sc2nccc3c2c1NC(=O)N3c1ccc(Oc2ccccc2)cc1.O=CNC1CCCNC1. The second kappa shape index (κ2) is 13.0. The van der Waals surface area contributed by atoms with Gasteiger partial charge in [-0.1, -0.05) is 32.0 Å². The monoisotopic (exact) mass is 531 g/mol. The molecule has 198 valence electrons. The average molecular weight is 532 g/mol. The lowest BCUT2D eigenvalue weighted by molar-refractivity contribution is -0.110. The molecule has 9 heteroatoms. The van der Waals surface area contributed by atoms with Gasteiger partial charge in [-0.3, -0.25) is 9.69 Å². The zero-order valence-corrected chi connectivity index (χ0v) is 22.7. The van der Waals surface area contributed by atoms with E-state index in [0.29, 0.717) is 11.8 Å². The predicted octanol–water partition coefficient (Wildman–Crippen LogP) is 6.59. The smallest absolute Gasteiger partial charge is 0.331 e. The fraction of sp³-hybridized carbons (Fsp3) is 0.276. The summed E-state index contributed by atoms with van der Waals surface area (Å²) >= 11 is 1.59. The number of carbonyl (C=O) groups excluding carboxylic acids is 2. The van der Waals surface area contributed by atoms with Crippen LogP contribution in [0.1, 0.15) is 31.6 Å². The third-order valence-corrected chi connectivity index (χ3v) is 7.11. The Balaban J connectivity index is 0.000000259. The molecule has 8 nitrogen and oxygen atoms in total. The molecule has 1 fully saturated rings. The van der Waals surface area contributed by atoms with Gasteiger partial charge in [0.2, 0.25) is 6.41 Å². The maximum atomic E-state index is 12.8. The molecule has 2 aliphatic rings. The summed E-state index contributed by atoms with van der Waals surface area (Å²) in [7, 11) is 0. The van der Waals surface area contributed by atoms with Crippen molar-refractivity contribution in [1.82, 2.24) is 15.6 Å². The Morgan fingerprint density at radius 2 is 1.82 bits per heavy atom. The summed E-state index contributed by atoms with van der Waals surface area (Å²) < 4.78 is 5.84. The summed E-state index contributed by atoms with van der Waals surface area (Å²) in [5.74, 6) is 1.49. The molecule has 38 heavy (non-hydrogen) atoms. The van der Waals surface area contributed by atoms with Crippen molar-refractivity contribution in [3.63, 3.8) is 0 Å². The average Bonchev–Trinajstić information content (AvgIpc) is 3.28. The van der Waals surface area contributed by atoms with Gasteiger partial charge < -0.3 is 20.7 Å². The fourth-order valence-electron chi connectivity index (χ4n) is 4.36. The van der Waals surface area contributed by atoms with Gasteiger partial charge in [-0.25, -0.2) is 9.78 Å². The number of urea groups is 1. The summed E-state index contributed by atoms with van der Waals surface area (Å²) in [6, 6.07) is 19.2. The number of aryl methyl sites for hydroxylation is 1. The van der Waals surface area contributed by atoms with Crippen LogP contribution in [0, 0.1) is 6.92 Å². The molecule has 0 radical (unpaired) electrons. The minimum Gasteiger partial charge on any atom is -0.457 e. The van der Waals surface area contributed by atoms with E-state index >= 15 is 0 Å². The first-order valence-corrected chi connectivity index (χ1v) is 13.7. The lowest BCUT2D eigenvalue weighted by Crippen LogP contribution is -2.42.